The molecule has 1 aromatic carbocycles. The minimum atomic E-state index is -0.456. The van der Waals surface area contributed by atoms with Gasteiger partial charge in [-0.2, -0.15) is 0 Å². The van der Waals surface area contributed by atoms with E-state index in [1.54, 1.807) is 7.11 Å². The van der Waals surface area contributed by atoms with Gasteiger partial charge in [0.25, 0.3) is 0 Å². The van der Waals surface area contributed by atoms with E-state index in [1.165, 1.54) is 5.56 Å². The smallest absolute Gasteiger partial charge is 0.237 e. The lowest BCUT2D eigenvalue weighted by Crippen LogP contribution is -2.57. The first kappa shape index (κ1) is 16.1. The molecule has 2 aliphatic rings. The fourth-order valence-electron chi connectivity index (χ4n) is 3.61. The van der Waals surface area contributed by atoms with Gasteiger partial charge in [-0.15, -0.1) is 12.4 Å². The molecule has 1 radical (unpaired) electrons. The van der Waals surface area contributed by atoms with Gasteiger partial charge >= 0.3 is 0 Å². The molecule has 2 fully saturated rings. The van der Waals surface area contributed by atoms with Crippen LogP contribution in [0.15, 0.2) is 24.3 Å². The highest BCUT2D eigenvalue weighted by Crippen LogP contribution is 2.44. The second kappa shape index (κ2) is 6.24. The largest absolute Gasteiger partial charge is 0.497 e. The van der Waals surface area contributed by atoms with Crippen LogP contribution in [0, 0.1) is 6.42 Å². The Bertz CT molecular complexity index is 502. The highest BCUT2D eigenvalue weighted by molar-refractivity contribution is 5.85. The maximum Gasteiger partial charge on any atom is 0.237 e. The predicted octanol–water partition coefficient (Wildman–Crippen LogP) is 2.30. The van der Waals surface area contributed by atoms with E-state index in [1.807, 2.05) is 12.1 Å². The standard InChI is InChI=1S/C16H21N2O2.ClH/c1-20-14-6-4-12(5-7-14)11-18-13-3-2-9-16(18,10-8-13)15(17)19;/h2,4-7,13H,3,8-11H2,1H3,(H2,17,19);1H. The van der Waals surface area contributed by atoms with Crippen LogP contribution >= 0.6 is 12.4 Å². The third-order valence-corrected chi connectivity index (χ3v) is 4.77. The third-order valence-electron chi connectivity index (χ3n) is 4.77. The number of carbonyl (C=O) groups is 1. The summed E-state index contributed by atoms with van der Waals surface area (Å²) in [6, 6.07) is 8.50. The lowest BCUT2D eigenvalue weighted by molar-refractivity contribution is -0.131. The molecule has 3 rings (SSSR count). The molecular weight excluding hydrogens is 288 g/mol. The molecule has 1 amide bonds. The fraction of sp³-hybridized carbons (Fsp3) is 0.500. The zero-order valence-electron chi connectivity index (χ0n) is 12.2. The topological polar surface area (TPSA) is 55.6 Å². The number of nitrogens with zero attached hydrogens (tertiary/aromatic N) is 1. The molecule has 2 atom stereocenters. The summed E-state index contributed by atoms with van der Waals surface area (Å²) >= 11 is 0. The molecule has 0 aliphatic carbocycles. The average molecular weight is 310 g/mol. The molecule has 2 bridgehead atoms. The van der Waals surface area contributed by atoms with E-state index in [4.69, 9.17) is 10.5 Å². The third kappa shape index (κ3) is 2.74. The van der Waals surface area contributed by atoms with Gasteiger partial charge in [0.2, 0.25) is 5.91 Å². The van der Waals surface area contributed by atoms with Crippen LogP contribution in [0.2, 0.25) is 0 Å². The number of methoxy groups -OCH3 is 1. The van der Waals surface area contributed by atoms with Crippen LogP contribution in [0.4, 0.5) is 0 Å². The lowest BCUT2D eigenvalue weighted by Gasteiger charge is -2.42. The molecule has 0 spiro atoms. The van der Waals surface area contributed by atoms with Crippen molar-refractivity contribution in [1.82, 2.24) is 4.90 Å². The van der Waals surface area contributed by atoms with Crippen molar-refractivity contribution in [2.45, 2.75) is 43.8 Å². The first-order valence-electron chi connectivity index (χ1n) is 7.17. The Balaban J connectivity index is 0.00000161. The van der Waals surface area contributed by atoms with Crippen LogP contribution in [0.5, 0.6) is 5.75 Å². The maximum atomic E-state index is 12.0. The van der Waals surface area contributed by atoms with Crippen molar-refractivity contribution >= 4 is 18.3 Å². The van der Waals surface area contributed by atoms with Gasteiger partial charge in [-0.3, -0.25) is 9.69 Å². The van der Waals surface area contributed by atoms with Crippen molar-refractivity contribution in [1.29, 1.82) is 0 Å². The number of nitrogens with two attached hydrogens (primary N) is 1. The van der Waals surface area contributed by atoms with E-state index in [0.717, 1.165) is 38.0 Å². The van der Waals surface area contributed by atoms with Crippen molar-refractivity contribution in [2.75, 3.05) is 7.11 Å². The maximum absolute atomic E-state index is 12.0. The Hall–Kier alpha value is -1.26. The van der Waals surface area contributed by atoms with Crippen LogP contribution in [0.3, 0.4) is 0 Å². The highest BCUT2D eigenvalue weighted by Gasteiger charge is 2.52. The lowest BCUT2D eigenvalue weighted by atomic mass is 9.87. The van der Waals surface area contributed by atoms with Gasteiger partial charge in [-0.25, -0.2) is 0 Å². The van der Waals surface area contributed by atoms with Crippen molar-refractivity contribution in [3.05, 3.63) is 36.2 Å². The van der Waals surface area contributed by atoms with E-state index in [-0.39, 0.29) is 18.3 Å². The number of ether oxygens (including phenoxy) is 1. The predicted molar refractivity (Wildman–Crippen MR) is 84.3 cm³/mol. The minimum Gasteiger partial charge on any atom is -0.497 e. The number of fused-ring (bicyclic) bond motifs is 2. The van der Waals surface area contributed by atoms with E-state index in [2.05, 4.69) is 23.5 Å². The molecule has 2 saturated heterocycles. The summed E-state index contributed by atoms with van der Waals surface area (Å²) in [5, 5.41) is 0. The zero-order chi connectivity index (χ0) is 14.2. The van der Waals surface area contributed by atoms with Gasteiger partial charge in [0, 0.05) is 12.6 Å². The summed E-state index contributed by atoms with van der Waals surface area (Å²) in [6.45, 7) is 0.783. The van der Waals surface area contributed by atoms with Crippen molar-refractivity contribution in [3.63, 3.8) is 0 Å². The van der Waals surface area contributed by atoms with E-state index >= 15 is 0 Å². The Morgan fingerprint density at radius 1 is 1.43 bits per heavy atom. The Labute approximate surface area is 132 Å². The Kier molecular flexibility index (Phi) is 4.79. The number of primary amides is 1. The van der Waals surface area contributed by atoms with Crippen molar-refractivity contribution in [3.8, 4) is 5.75 Å². The number of hydrogen-bond acceptors (Lipinski definition) is 3. The fourth-order valence-corrected chi connectivity index (χ4v) is 3.61. The monoisotopic (exact) mass is 309 g/mol. The van der Waals surface area contributed by atoms with Crippen LogP contribution in [-0.2, 0) is 11.3 Å². The van der Waals surface area contributed by atoms with Crippen LogP contribution in [0.25, 0.3) is 0 Å². The molecule has 2 aliphatic heterocycles. The molecule has 2 unspecified atom stereocenters. The van der Waals surface area contributed by atoms with Crippen LogP contribution in [0.1, 0.15) is 31.2 Å². The molecule has 115 valence electrons. The highest BCUT2D eigenvalue weighted by atomic mass is 35.5. The van der Waals surface area contributed by atoms with Gasteiger partial charge in [0.05, 0.1) is 7.11 Å². The van der Waals surface area contributed by atoms with Gasteiger partial charge < -0.3 is 10.5 Å². The van der Waals surface area contributed by atoms with Crippen molar-refractivity contribution in [2.24, 2.45) is 5.73 Å². The average Bonchev–Trinajstić information content (AvgIpc) is 2.67. The first-order valence-corrected chi connectivity index (χ1v) is 7.17. The first-order chi connectivity index (χ1) is 9.65. The second-order valence-electron chi connectivity index (χ2n) is 5.79. The molecule has 0 aromatic heterocycles. The molecule has 0 saturated carbocycles. The Morgan fingerprint density at radius 3 is 2.76 bits per heavy atom. The van der Waals surface area contributed by atoms with E-state index < -0.39 is 5.54 Å². The quantitative estimate of drug-likeness (QED) is 0.928. The Morgan fingerprint density at radius 2 is 2.14 bits per heavy atom. The number of rotatable bonds is 4. The van der Waals surface area contributed by atoms with Gasteiger partial charge in [-0.05, 0) is 49.8 Å². The van der Waals surface area contributed by atoms with Crippen LogP contribution < -0.4 is 10.5 Å². The SMILES string of the molecule is COc1ccc(CN2C3C[CH]CC2(C(N)=O)CC3)cc1.Cl. The summed E-state index contributed by atoms with van der Waals surface area (Å²) in [6.07, 6.45) is 6.03. The number of halogens is 1. The number of carbonyl (C=O) groups excluding carboxylic acids is 1. The summed E-state index contributed by atoms with van der Waals surface area (Å²) in [5.74, 6) is 0.678. The summed E-state index contributed by atoms with van der Waals surface area (Å²) in [4.78, 5) is 14.3. The minimum absolute atomic E-state index is 0. The van der Waals surface area contributed by atoms with Crippen molar-refractivity contribution < 1.29 is 9.53 Å². The number of hydrogen-bond donors (Lipinski definition) is 1. The molecule has 1 aromatic rings. The number of amides is 1. The summed E-state index contributed by atoms with van der Waals surface area (Å²) < 4.78 is 5.18. The van der Waals surface area contributed by atoms with E-state index in [0.29, 0.717) is 6.04 Å². The molecule has 4 nitrogen and oxygen atoms in total. The van der Waals surface area contributed by atoms with E-state index in [9.17, 15) is 4.79 Å². The molecule has 21 heavy (non-hydrogen) atoms. The van der Waals surface area contributed by atoms with Gasteiger partial charge in [0.15, 0.2) is 0 Å². The molecular formula is C16H22ClN2O2. The number of benzene rings is 1. The normalized spacial score (nSPS) is 28.0. The molecule has 5 heteroatoms. The summed E-state index contributed by atoms with van der Waals surface area (Å²) in [5.41, 5.74) is 6.45. The summed E-state index contributed by atoms with van der Waals surface area (Å²) in [7, 11) is 1.66. The molecule has 2 N–H and O–H groups in total. The van der Waals surface area contributed by atoms with Gasteiger partial charge in [-0.1, -0.05) is 12.1 Å². The second-order valence-corrected chi connectivity index (χ2v) is 5.79. The molecule has 2 heterocycles. The van der Waals surface area contributed by atoms with Crippen LogP contribution in [-0.4, -0.2) is 29.5 Å². The van der Waals surface area contributed by atoms with Gasteiger partial charge in [0.1, 0.15) is 11.3 Å². The number of piperidine rings is 1. The zero-order valence-corrected chi connectivity index (χ0v) is 13.1.